The van der Waals surface area contributed by atoms with Gasteiger partial charge < -0.3 is 9.64 Å². The maximum atomic E-state index is 5.47. The van der Waals surface area contributed by atoms with Crippen LogP contribution in [-0.4, -0.2) is 55.3 Å². The highest BCUT2D eigenvalue weighted by Gasteiger charge is 2.26. The van der Waals surface area contributed by atoms with Crippen LogP contribution in [0.2, 0.25) is 0 Å². The molecule has 5 heteroatoms. The molecule has 2 aliphatic heterocycles. The minimum Gasteiger partial charge on any atom is -0.380 e. The van der Waals surface area contributed by atoms with E-state index in [1.165, 1.54) is 9.99 Å². The van der Waals surface area contributed by atoms with E-state index in [0.29, 0.717) is 6.04 Å². The Balaban J connectivity index is 1.57. The molecule has 3 heterocycles. The maximum absolute atomic E-state index is 5.47. The number of nitrogens with zero attached hydrogens (tertiary/aromatic N) is 3. The van der Waals surface area contributed by atoms with Crippen molar-refractivity contribution in [3.05, 3.63) is 21.9 Å². The summed E-state index contributed by atoms with van der Waals surface area (Å²) in [5, 5.41) is 0. The summed E-state index contributed by atoms with van der Waals surface area (Å²) in [6.45, 7) is 6.25. The number of halogens is 1. The second kappa shape index (κ2) is 5.71. The van der Waals surface area contributed by atoms with Gasteiger partial charge >= 0.3 is 0 Å². The molecular weight excluding hydrogens is 341 g/mol. The summed E-state index contributed by atoms with van der Waals surface area (Å²) in [6.07, 6.45) is 3.13. The van der Waals surface area contributed by atoms with Crippen LogP contribution in [0.25, 0.3) is 0 Å². The molecule has 0 unspecified atom stereocenters. The van der Waals surface area contributed by atoms with Crippen LogP contribution >= 0.6 is 22.6 Å². The molecule has 2 saturated heterocycles. The number of hydrogen-bond acceptors (Lipinski definition) is 4. The van der Waals surface area contributed by atoms with Gasteiger partial charge in [0.2, 0.25) is 0 Å². The Morgan fingerprint density at radius 1 is 1.22 bits per heavy atom. The second-order valence-electron chi connectivity index (χ2n) is 4.88. The van der Waals surface area contributed by atoms with Gasteiger partial charge in [0.05, 0.1) is 6.61 Å². The smallest absolute Gasteiger partial charge is 0.128 e. The number of aromatic nitrogens is 1. The molecule has 0 aliphatic carbocycles. The van der Waals surface area contributed by atoms with Crippen molar-refractivity contribution in [2.45, 2.75) is 12.5 Å². The fraction of sp³-hybridized carbons (Fsp3) is 0.615. The van der Waals surface area contributed by atoms with Crippen LogP contribution in [0.1, 0.15) is 6.42 Å². The summed E-state index contributed by atoms with van der Waals surface area (Å²) < 4.78 is 6.66. The van der Waals surface area contributed by atoms with E-state index in [1.54, 1.807) is 0 Å². The van der Waals surface area contributed by atoms with Crippen LogP contribution in [0.3, 0.4) is 0 Å². The molecule has 2 aliphatic rings. The van der Waals surface area contributed by atoms with Crippen molar-refractivity contribution in [2.75, 3.05) is 44.3 Å². The number of hydrogen-bond donors (Lipinski definition) is 0. The predicted molar refractivity (Wildman–Crippen MR) is 80.0 cm³/mol. The summed E-state index contributed by atoms with van der Waals surface area (Å²) >= 11 is 2.29. The van der Waals surface area contributed by atoms with Gasteiger partial charge in [-0.25, -0.2) is 4.98 Å². The quantitative estimate of drug-likeness (QED) is 0.750. The molecule has 0 aromatic carbocycles. The average Bonchev–Trinajstić information content (AvgIpc) is 2.94. The van der Waals surface area contributed by atoms with Crippen molar-refractivity contribution in [2.24, 2.45) is 0 Å². The Morgan fingerprint density at radius 3 is 2.67 bits per heavy atom. The topological polar surface area (TPSA) is 28.6 Å². The van der Waals surface area contributed by atoms with E-state index in [-0.39, 0.29) is 0 Å². The molecule has 0 bridgehead atoms. The molecule has 3 rings (SSSR count). The van der Waals surface area contributed by atoms with Gasteiger partial charge in [0.1, 0.15) is 5.82 Å². The van der Waals surface area contributed by atoms with E-state index in [9.17, 15) is 0 Å². The molecular formula is C13H18IN3O. The van der Waals surface area contributed by atoms with E-state index >= 15 is 0 Å². The molecule has 2 fully saturated rings. The lowest BCUT2D eigenvalue weighted by atomic mass is 10.2. The predicted octanol–water partition coefficient (Wildman–Crippen LogP) is 1.60. The lowest BCUT2D eigenvalue weighted by Crippen LogP contribution is -2.50. The van der Waals surface area contributed by atoms with Crippen molar-refractivity contribution in [1.29, 1.82) is 0 Å². The van der Waals surface area contributed by atoms with Crippen LogP contribution in [0, 0.1) is 3.57 Å². The highest BCUT2D eigenvalue weighted by atomic mass is 127. The first-order valence-electron chi connectivity index (χ1n) is 6.51. The Labute approximate surface area is 121 Å². The number of pyridine rings is 1. The van der Waals surface area contributed by atoms with Gasteiger partial charge in [-0.3, -0.25) is 4.90 Å². The van der Waals surface area contributed by atoms with Crippen LogP contribution < -0.4 is 4.90 Å². The normalized spacial score (nSPS) is 25.6. The minimum absolute atomic E-state index is 0.650. The van der Waals surface area contributed by atoms with Gasteiger partial charge in [0.15, 0.2) is 0 Å². The van der Waals surface area contributed by atoms with Gasteiger partial charge in [0, 0.05) is 48.6 Å². The lowest BCUT2D eigenvalue weighted by molar-refractivity contribution is 0.139. The van der Waals surface area contributed by atoms with Gasteiger partial charge in [0.25, 0.3) is 0 Å². The fourth-order valence-electron chi connectivity index (χ4n) is 2.68. The molecule has 1 aromatic rings. The van der Waals surface area contributed by atoms with Crippen molar-refractivity contribution in [3.8, 4) is 0 Å². The molecule has 98 valence electrons. The summed E-state index contributed by atoms with van der Waals surface area (Å²) in [7, 11) is 0. The van der Waals surface area contributed by atoms with Gasteiger partial charge in [-0.2, -0.15) is 0 Å². The van der Waals surface area contributed by atoms with Crippen molar-refractivity contribution < 1.29 is 4.74 Å². The summed E-state index contributed by atoms with van der Waals surface area (Å²) in [4.78, 5) is 9.44. The van der Waals surface area contributed by atoms with Crippen LogP contribution in [0.4, 0.5) is 5.82 Å². The highest BCUT2D eigenvalue weighted by molar-refractivity contribution is 14.1. The SMILES string of the molecule is Ic1ccc(N2CCN([C@H]3CCOC3)CC2)nc1. The first kappa shape index (κ1) is 12.6. The lowest BCUT2D eigenvalue weighted by Gasteiger charge is -2.38. The third kappa shape index (κ3) is 2.78. The first-order valence-corrected chi connectivity index (χ1v) is 7.59. The van der Waals surface area contributed by atoms with Crippen molar-refractivity contribution in [1.82, 2.24) is 9.88 Å². The summed E-state index contributed by atoms with van der Waals surface area (Å²) in [6, 6.07) is 4.90. The fourth-order valence-corrected chi connectivity index (χ4v) is 3.00. The number of anilines is 1. The molecule has 0 amide bonds. The minimum atomic E-state index is 0.650. The molecule has 0 N–H and O–H groups in total. The van der Waals surface area contributed by atoms with Gasteiger partial charge in [-0.1, -0.05) is 0 Å². The molecule has 18 heavy (non-hydrogen) atoms. The summed E-state index contributed by atoms with van der Waals surface area (Å²) in [5.74, 6) is 1.11. The Kier molecular flexibility index (Phi) is 4.00. The molecule has 0 saturated carbocycles. The van der Waals surface area contributed by atoms with Crippen LogP contribution in [0.5, 0.6) is 0 Å². The number of piperazine rings is 1. The third-order valence-electron chi connectivity index (χ3n) is 3.77. The van der Waals surface area contributed by atoms with Crippen molar-refractivity contribution in [3.63, 3.8) is 0 Å². The standard InChI is InChI=1S/C13H18IN3O/c14-11-1-2-13(15-9-11)17-6-4-16(5-7-17)12-3-8-18-10-12/h1-2,9,12H,3-8,10H2/t12-/m0/s1. The second-order valence-corrected chi connectivity index (χ2v) is 6.12. The molecule has 0 spiro atoms. The largest absolute Gasteiger partial charge is 0.380 e. The van der Waals surface area contributed by atoms with E-state index in [0.717, 1.165) is 45.2 Å². The Morgan fingerprint density at radius 2 is 2.06 bits per heavy atom. The number of ether oxygens (including phenoxy) is 1. The zero-order chi connectivity index (χ0) is 12.4. The third-order valence-corrected chi connectivity index (χ3v) is 4.41. The molecule has 4 nitrogen and oxygen atoms in total. The summed E-state index contributed by atoms with van der Waals surface area (Å²) in [5.41, 5.74) is 0. The zero-order valence-corrected chi connectivity index (χ0v) is 12.5. The Bertz CT molecular complexity index is 384. The number of rotatable bonds is 2. The zero-order valence-electron chi connectivity index (χ0n) is 10.4. The van der Waals surface area contributed by atoms with Gasteiger partial charge in [-0.15, -0.1) is 0 Å². The molecule has 1 aromatic heterocycles. The highest BCUT2D eigenvalue weighted by Crippen LogP contribution is 2.18. The monoisotopic (exact) mass is 359 g/mol. The van der Waals surface area contributed by atoms with Gasteiger partial charge in [-0.05, 0) is 41.1 Å². The Hall–Kier alpha value is -0.400. The van der Waals surface area contributed by atoms with Crippen molar-refractivity contribution >= 4 is 28.4 Å². The van der Waals surface area contributed by atoms with Crippen LogP contribution in [0.15, 0.2) is 18.3 Å². The maximum Gasteiger partial charge on any atom is 0.128 e. The molecule has 0 radical (unpaired) electrons. The van der Waals surface area contributed by atoms with E-state index in [2.05, 4.69) is 49.5 Å². The van der Waals surface area contributed by atoms with E-state index in [4.69, 9.17) is 4.74 Å². The molecule has 1 atom stereocenters. The van der Waals surface area contributed by atoms with Crippen LogP contribution in [-0.2, 0) is 4.74 Å². The van der Waals surface area contributed by atoms with E-state index < -0.39 is 0 Å². The average molecular weight is 359 g/mol. The van der Waals surface area contributed by atoms with E-state index in [1.807, 2.05) is 6.20 Å². The first-order chi connectivity index (χ1) is 8.83.